The van der Waals surface area contributed by atoms with Crippen molar-refractivity contribution in [2.45, 2.75) is 26.3 Å². The van der Waals surface area contributed by atoms with Gasteiger partial charge >= 0.3 is 0 Å². The Morgan fingerprint density at radius 2 is 2.05 bits per heavy atom. The molecule has 0 spiro atoms. The molecule has 1 aromatic carbocycles. The average molecular weight is 348 g/mol. The molecule has 0 aromatic heterocycles. The minimum Gasteiger partial charge on any atom is -0.349 e. The van der Waals surface area contributed by atoms with Crippen molar-refractivity contribution in [2.24, 2.45) is 5.41 Å². The molecule has 5 heteroatoms. The zero-order valence-corrected chi connectivity index (χ0v) is 13.6. The van der Waals surface area contributed by atoms with Crippen LogP contribution in [0.5, 0.6) is 0 Å². The van der Waals surface area contributed by atoms with Crippen molar-refractivity contribution >= 4 is 34.2 Å². The van der Waals surface area contributed by atoms with E-state index >= 15 is 0 Å². The van der Waals surface area contributed by atoms with Crippen LogP contribution in [0.4, 0.5) is 0 Å². The first-order valence-electron chi connectivity index (χ1n) is 6.28. The molecule has 2 rings (SSSR count). The van der Waals surface area contributed by atoms with Gasteiger partial charge in [0, 0.05) is 11.0 Å². The van der Waals surface area contributed by atoms with Gasteiger partial charge < -0.3 is 10.6 Å². The van der Waals surface area contributed by atoms with Crippen LogP contribution in [0.15, 0.2) is 28.7 Å². The molecular formula is C14H20BrClN2O. The van der Waals surface area contributed by atoms with Gasteiger partial charge in [-0.15, -0.1) is 12.4 Å². The molecule has 0 saturated carbocycles. The summed E-state index contributed by atoms with van der Waals surface area (Å²) in [6, 6.07) is 8.10. The highest BCUT2D eigenvalue weighted by molar-refractivity contribution is 9.10. The van der Waals surface area contributed by atoms with Gasteiger partial charge in [0.05, 0.1) is 11.5 Å². The molecular weight excluding hydrogens is 328 g/mol. The average Bonchev–Trinajstić information content (AvgIpc) is 2.78. The van der Waals surface area contributed by atoms with E-state index in [1.165, 1.54) is 0 Å². The molecule has 1 aliphatic rings. The van der Waals surface area contributed by atoms with Crippen LogP contribution in [0.25, 0.3) is 0 Å². The van der Waals surface area contributed by atoms with Crippen LogP contribution >= 0.6 is 28.3 Å². The number of nitrogens with one attached hydrogen (secondary N) is 2. The van der Waals surface area contributed by atoms with Crippen molar-refractivity contribution < 1.29 is 4.79 Å². The Balaban J connectivity index is 0.00000180. The van der Waals surface area contributed by atoms with Crippen molar-refractivity contribution in [1.82, 2.24) is 10.6 Å². The minimum absolute atomic E-state index is 0. The van der Waals surface area contributed by atoms with Crippen LogP contribution in [0.3, 0.4) is 0 Å². The number of amides is 1. The Morgan fingerprint density at radius 1 is 1.42 bits per heavy atom. The first kappa shape index (κ1) is 16.5. The van der Waals surface area contributed by atoms with Gasteiger partial charge in [0.25, 0.3) is 0 Å². The molecule has 19 heavy (non-hydrogen) atoms. The van der Waals surface area contributed by atoms with Crippen LogP contribution in [-0.2, 0) is 4.79 Å². The fourth-order valence-electron chi connectivity index (χ4n) is 2.22. The predicted octanol–water partition coefficient (Wildman–Crippen LogP) is 3.05. The number of hydrogen-bond acceptors (Lipinski definition) is 2. The van der Waals surface area contributed by atoms with Gasteiger partial charge in [0.1, 0.15) is 0 Å². The zero-order valence-electron chi connectivity index (χ0n) is 11.2. The normalized spacial score (nSPS) is 23.5. The number of carbonyl (C=O) groups excluding carboxylic acids is 1. The van der Waals surface area contributed by atoms with E-state index < -0.39 is 0 Å². The van der Waals surface area contributed by atoms with E-state index in [4.69, 9.17) is 0 Å². The van der Waals surface area contributed by atoms with Crippen molar-refractivity contribution in [2.75, 3.05) is 13.1 Å². The molecule has 106 valence electrons. The van der Waals surface area contributed by atoms with Crippen molar-refractivity contribution in [3.8, 4) is 0 Å². The summed E-state index contributed by atoms with van der Waals surface area (Å²) in [7, 11) is 0. The van der Waals surface area contributed by atoms with E-state index in [1.54, 1.807) is 0 Å². The minimum atomic E-state index is -0.260. The Kier molecular flexibility index (Phi) is 5.83. The van der Waals surface area contributed by atoms with Gasteiger partial charge in [-0.2, -0.15) is 0 Å². The molecule has 1 saturated heterocycles. The van der Waals surface area contributed by atoms with E-state index in [-0.39, 0.29) is 29.8 Å². The third kappa shape index (κ3) is 3.94. The third-order valence-corrected chi connectivity index (χ3v) is 4.16. The molecule has 0 aliphatic carbocycles. The molecule has 3 nitrogen and oxygen atoms in total. The lowest BCUT2D eigenvalue weighted by molar-refractivity contribution is -0.129. The maximum atomic E-state index is 12.3. The summed E-state index contributed by atoms with van der Waals surface area (Å²) in [5, 5.41) is 6.35. The first-order valence-corrected chi connectivity index (χ1v) is 7.08. The predicted molar refractivity (Wildman–Crippen MR) is 83.5 cm³/mol. The van der Waals surface area contributed by atoms with Gasteiger partial charge in [0.2, 0.25) is 5.91 Å². The molecule has 1 fully saturated rings. The molecule has 2 N–H and O–H groups in total. The fraction of sp³-hybridized carbons (Fsp3) is 0.500. The Labute approximate surface area is 129 Å². The van der Waals surface area contributed by atoms with Crippen LogP contribution in [0.1, 0.15) is 31.9 Å². The number of benzene rings is 1. The summed E-state index contributed by atoms with van der Waals surface area (Å²) in [6.45, 7) is 5.74. The molecule has 1 amide bonds. The van der Waals surface area contributed by atoms with Gasteiger partial charge in [-0.3, -0.25) is 4.79 Å². The monoisotopic (exact) mass is 346 g/mol. The van der Waals surface area contributed by atoms with Crippen molar-refractivity contribution in [3.05, 3.63) is 34.3 Å². The smallest absolute Gasteiger partial charge is 0.227 e. The summed E-state index contributed by atoms with van der Waals surface area (Å²) >= 11 is 3.41. The molecule has 0 bridgehead atoms. The van der Waals surface area contributed by atoms with Gasteiger partial charge in [0.15, 0.2) is 0 Å². The SMILES string of the molecule is CC(NC(=O)C1(C)CCNC1)c1ccc(Br)cc1.Cl. The fourth-order valence-corrected chi connectivity index (χ4v) is 2.48. The second kappa shape index (κ2) is 6.73. The Morgan fingerprint density at radius 3 is 2.58 bits per heavy atom. The van der Waals surface area contributed by atoms with Crippen molar-refractivity contribution in [3.63, 3.8) is 0 Å². The number of halogens is 2. The maximum Gasteiger partial charge on any atom is 0.227 e. The summed E-state index contributed by atoms with van der Waals surface area (Å²) in [6.07, 6.45) is 0.909. The molecule has 2 atom stereocenters. The zero-order chi connectivity index (χ0) is 13.2. The maximum absolute atomic E-state index is 12.3. The second-order valence-corrected chi connectivity index (χ2v) is 6.15. The number of hydrogen-bond donors (Lipinski definition) is 2. The van der Waals surface area contributed by atoms with Gasteiger partial charge in [-0.05, 0) is 44.5 Å². The highest BCUT2D eigenvalue weighted by Gasteiger charge is 2.36. The first-order chi connectivity index (χ1) is 8.51. The van der Waals surface area contributed by atoms with Crippen LogP contribution < -0.4 is 10.6 Å². The lowest BCUT2D eigenvalue weighted by Crippen LogP contribution is -2.41. The van der Waals surface area contributed by atoms with Gasteiger partial charge in [-0.1, -0.05) is 28.1 Å². The van der Waals surface area contributed by atoms with Crippen LogP contribution in [0.2, 0.25) is 0 Å². The van der Waals surface area contributed by atoms with Crippen LogP contribution in [0, 0.1) is 5.41 Å². The van der Waals surface area contributed by atoms with E-state index in [9.17, 15) is 4.79 Å². The number of rotatable bonds is 3. The van der Waals surface area contributed by atoms with E-state index in [1.807, 2.05) is 38.1 Å². The highest BCUT2D eigenvalue weighted by atomic mass is 79.9. The lowest BCUT2D eigenvalue weighted by Gasteiger charge is -2.24. The topological polar surface area (TPSA) is 41.1 Å². The van der Waals surface area contributed by atoms with Gasteiger partial charge in [-0.25, -0.2) is 0 Å². The standard InChI is InChI=1S/C14H19BrN2O.ClH/c1-10(11-3-5-12(15)6-4-11)17-13(18)14(2)7-8-16-9-14;/h3-6,10,16H,7-9H2,1-2H3,(H,17,18);1H. The molecule has 2 unspecified atom stereocenters. The quantitative estimate of drug-likeness (QED) is 0.882. The van der Waals surface area contributed by atoms with Crippen LogP contribution in [-0.4, -0.2) is 19.0 Å². The van der Waals surface area contributed by atoms with E-state index in [0.717, 1.165) is 29.5 Å². The number of carbonyl (C=O) groups is 1. The molecule has 1 aliphatic heterocycles. The Hall–Kier alpha value is -0.580. The van der Waals surface area contributed by atoms with E-state index in [2.05, 4.69) is 26.6 Å². The van der Waals surface area contributed by atoms with E-state index in [0.29, 0.717) is 0 Å². The largest absolute Gasteiger partial charge is 0.349 e. The summed E-state index contributed by atoms with van der Waals surface area (Å²) < 4.78 is 1.05. The third-order valence-electron chi connectivity index (χ3n) is 3.63. The summed E-state index contributed by atoms with van der Waals surface area (Å²) in [4.78, 5) is 12.3. The van der Waals surface area contributed by atoms with Crippen molar-refractivity contribution in [1.29, 1.82) is 0 Å². The Bertz CT molecular complexity index is 430. The lowest BCUT2D eigenvalue weighted by atomic mass is 9.88. The summed E-state index contributed by atoms with van der Waals surface area (Å²) in [5.74, 6) is 0.142. The molecule has 0 radical (unpaired) electrons. The highest BCUT2D eigenvalue weighted by Crippen LogP contribution is 2.26. The molecule has 1 heterocycles. The molecule has 1 aromatic rings. The second-order valence-electron chi connectivity index (χ2n) is 5.23. The summed E-state index contributed by atoms with van der Waals surface area (Å²) in [5.41, 5.74) is 0.866.